The summed E-state index contributed by atoms with van der Waals surface area (Å²) in [5, 5.41) is 5.30. The van der Waals surface area contributed by atoms with Crippen molar-refractivity contribution in [1.29, 1.82) is 0 Å². The van der Waals surface area contributed by atoms with Crippen molar-refractivity contribution in [2.24, 2.45) is 0 Å². The smallest absolute Gasteiger partial charge is 0.0240 e. The molecule has 0 bridgehead atoms. The van der Waals surface area contributed by atoms with E-state index in [9.17, 15) is 0 Å². The fraction of sp³-hybridized carbons (Fsp3) is 0.0857. The number of alkyl halides is 2. The van der Waals surface area contributed by atoms with Crippen LogP contribution in [0.2, 0.25) is 0 Å². The van der Waals surface area contributed by atoms with E-state index in [1.807, 2.05) is 42.5 Å². The van der Waals surface area contributed by atoms with E-state index in [2.05, 4.69) is 82.6 Å². The van der Waals surface area contributed by atoms with Gasteiger partial charge in [-0.05, 0) is 28.5 Å². The van der Waals surface area contributed by atoms with Gasteiger partial charge in [0.15, 0.2) is 0 Å². The van der Waals surface area contributed by atoms with Crippen molar-refractivity contribution in [3.8, 4) is 11.1 Å². The van der Waals surface area contributed by atoms with Crippen molar-refractivity contribution < 1.29 is 49.0 Å². The van der Waals surface area contributed by atoms with Gasteiger partial charge in [-0.1, -0.05) is 53.9 Å². The zero-order valence-corrected chi connectivity index (χ0v) is 27.2. The summed E-state index contributed by atoms with van der Waals surface area (Å²) in [4.78, 5) is 0. The van der Waals surface area contributed by atoms with Crippen molar-refractivity contribution in [2.45, 2.75) is 18.2 Å². The van der Waals surface area contributed by atoms with Crippen LogP contribution < -0.4 is 24.8 Å². The van der Waals surface area contributed by atoms with Gasteiger partial charge >= 0.3 is 97.8 Å². The Labute approximate surface area is 273 Å². The number of halogens is 4. The number of fused-ring (bicyclic) bond motifs is 8. The Morgan fingerprint density at radius 1 is 0.750 bits per heavy atom. The molecule has 0 atom stereocenters. The van der Waals surface area contributed by atoms with Crippen molar-refractivity contribution in [2.75, 3.05) is 0 Å². The van der Waals surface area contributed by atoms with Crippen molar-refractivity contribution >= 4 is 48.5 Å². The molecule has 0 nitrogen and oxygen atoms in total. The molecule has 0 unspecified atom stereocenters. The molecule has 0 fully saturated rings. The molecule has 40 heavy (non-hydrogen) atoms. The van der Waals surface area contributed by atoms with Crippen LogP contribution >= 0.6 is 23.2 Å². The number of hydrogen-bond donors (Lipinski definition) is 0. The Hall–Kier alpha value is -2.12. The van der Waals surface area contributed by atoms with E-state index in [4.69, 9.17) is 23.2 Å². The molecule has 0 spiro atoms. The molecule has 7 rings (SSSR count). The molecule has 200 valence electrons. The Morgan fingerprint density at radius 3 is 2.00 bits per heavy atom. The summed E-state index contributed by atoms with van der Waals surface area (Å²) < 4.78 is 2.14. The predicted octanol–water partition coefficient (Wildman–Crippen LogP) is 3.64. The minimum absolute atomic E-state index is 0. The van der Waals surface area contributed by atoms with Gasteiger partial charge in [0.1, 0.15) is 0 Å². The summed E-state index contributed by atoms with van der Waals surface area (Å²) in [6.45, 7) is 0. The predicted molar refractivity (Wildman–Crippen MR) is 161 cm³/mol. The summed E-state index contributed by atoms with van der Waals surface area (Å²) in [6, 6.07) is 43.6. The van der Waals surface area contributed by atoms with Gasteiger partial charge in [0.2, 0.25) is 0 Å². The van der Waals surface area contributed by atoms with Crippen LogP contribution in [0, 0.1) is 6.07 Å². The molecular formula is C35H26Cl4Zr-2. The second-order valence-electron chi connectivity index (χ2n) is 9.15. The molecule has 6 aromatic rings. The van der Waals surface area contributed by atoms with Crippen LogP contribution in [0.4, 0.5) is 0 Å². The van der Waals surface area contributed by atoms with Crippen LogP contribution in [0.1, 0.15) is 27.8 Å². The Balaban J connectivity index is 0.000000198. The Kier molecular flexibility index (Phi) is 12.8. The van der Waals surface area contributed by atoms with Gasteiger partial charge in [0, 0.05) is 0 Å². The van der Waals surface area contributed by atoms with E-state index in [1.54, 1.807) is 0 Å². The van der Waals surface area contributed by atoms with Gasteiger partial charge in [-0.3, -0.25) is 0 Å². The third-order valence-electron chi connectivity index (χ3n) is 6.71. The molecular weight excluding hydrogens is 653 g/mol. The number of benzene rings is 5. The maximum absolute atomic E-state index is 5.74. The van der Waals surface area contributed by atoms with Crippen LogP contribution in [0.15, 0.2) is 115 Å². The molecule has 0 heterocycles. The van der Waals surface area contributed by atoms with Gasteiger partial charge < -0.3 is 24.8 Å². The molecule has 5 heteroatoms. The molecule has 0 radical (unpaired) electrons. The van der Waals surface area contributed by atoms with Crippen molar-refractivity contribution in [1.82, 2.24) is 0 Å². The first-order valence-electron chi connectivity index (χ1n) is 12.6. The minimum atomic E-state index is 0. The van der Waals surface area contributed by atoms with E-state index >= 15 is 0 Å². The molecule has 0 aromatic heterocycles. The maximum atomic E-state index is 5.74. The average Bonchev–Trinajstić information content (AvgIpc) is 3.70. The van der Waals surface area contributed by atoms with Gasteiger partial charge in [-0.15, -0.1) is 40.6 Å². The monoisotopic (exact) mass is 676 g/mol. The summed E-state index contributed by atoms with van der Waals surface area (Å²) in [5.74, 6) is 1.11. The van der Waals surface area contributed by atoms with Crippen molar-refractivity contribution in [3.05, 3.63) is 149 Å². The van der Waals surface area contributed by atoms with Crippen LogP contribution in [-0.2, 0) is 42.4 Å². The summed E-state index contributed by atoms with van der Waals surface area (Å²) in [5.41, 5.74) is 9.18. The van der Waals surface area contributed by atoms with Crippen molar-refractivity contribution in [3.63, 3.8) is 0 Å². The second-order valence-corrected chi connectivity index (χ2v) is 10.4. The van der Waals surface area contributed by atoms with Gasteiger partial charge in [-0.2, -0.15) is 18.2 Å². The van der Waals surface area contributed by atoms with Gasteiger partial charge in [0.05, 0.1) is 0 Å². The van der Waals surface area contributed by atoms with Gasteiger partial charge in [-0.25, -0.2) is 12.1 Å². The Bertz CT molecular complexity index is 1650. The molecule has 0 saturated heterocycles. The molecule has 6 aromatic carbocycles. The standard InChI is InChI=1S/C21H13.C9H8Cl2.C5H5.2ClH.Zr/c1-2-8-15-14(7-1)13-20-18-11-4-3-9-16(18)17-10-5-6-12-19(17)21(15)20;1-7-2-8(5-10)4-9(3-7)6-11;1-2-4-5-3-1;;;/h1-10,12H,13H2;1-4H,5-6H2;1-5H;2*1H;/q-1;;-1;;;+2/p-2. The molecule has 0 saturated carbocycles. The van der Waals surface area contributed by atoms with Gasteiger partial charge in [0.25, 0.3) is 0 Å². The van der Waals surface area contributed by atoms with Crippen LogP contribution in [0.3, 0.4) is 0 Å². The largest absolute Gasteiger partial charge is 1.00 e. The van der Waals surface area contributed by atoms with E-state index in [0.717, 1.165) is 17.5 Å². The van der Waals surface area contributed by atoms with E-state index in [0.29, 0.717) is 11.8 Å². The molecule has 0 aliphatic heterocycles. The normalized spacial score (nSPS) is 10.6. The quantitative estimate of drug-likeness (QED) is 0.152. The molecule has 0 N–H and O–H groups in total. The zero-order chi connectivity index (χ0) is 26.3. The minimum Gasteiger partial charge on any atom is -1.00 e. The van der Waals surface area contributed by atoms with Crippen LogP contribution in [0.5, 0.6) is 0 Å². The molecule has 0 amide bonds. The third kappa shape index (κ3) is 7.20. The van der Waals surface area contributed by atoms with E-state index < -0.39 is 0 Å². The topological polar surface area (TPSA) is 0 Å². The second kappa shape index (κ2) is 15.8. The third-order valence-corrected chi connectivity index (χ3v) is 8.14. The summed E-state index contributed by atoms with van der Waals surface area (Å²) in [7, 11) is 0. The summed E-state index contributed by atoms with van der Waals surface area (Å²) >= 11 is 12.9. The first-order valence-corrected chi connectivity index (χ1v) is 15.1. The maximum Gasteiger partial charge on any atom is -0.0240 e. The first kappa shape index (κ1) is 32.4. The Morgan fingerprint density at radius 2 is 1.38 bits per heavy atom. The number of hydrogen-bond acceptors (Lipinski definition) is 0. The molecule has 1 aliphatic rings. The van der Waals surface area contributed by atoms with Crippen LogP contribution in [-0.4, -0.2) is 3.71 Å². The fourth-order valence-electron chi connectivity index (χ4n) is 5.08. The molecule has 1 aliphatic carbocycles. The first-order chi connectivity index (χ1) is 18.7. The average molecular weight is 680 g/mol. The zero-order valence-electron chi connectivity index (χ0n) is 21.7. The fourth-order valence-corrected chi connectivity index (χ4v) is 5.80. The SMILES string of the molecule is ClCc1cc([CH]=[Zr+2])cc(CCl)c1.[Cl-].[Cl-].[c-]1cccc2c1c1c(c3ccccc32)-c2ccccc2C1.c1cc[cH-]c1. The van der Waals surface area contributed by atoms with E-state index in [-0.39, 0.29) is 24.8 Å². The van der Waals surface area contributed by atoms with Crippen LogP contribution in [0.25, 0.3) is 32.7 Å². The number of rotatable bonds is 3. The van der Waals surface area contributed by atoms with E-state index in [1.165, 1.54) is 73.6 Å². The summed E-state index contributed by atoms with van der Waals surface area (Å²) in [6.07, 6.45) is 1.02.